The lowest BCUT2D eigenvalue weighted by atomic mass is 9.89. The van der Waals surface area contributed by atoms with Crippen LogP contribution in [0.15, 0.2) is 65.9 Å². The van der Waals surface area contributed by atoms with E-state index in [0.29, 0.717) is 6.54 Å². The fourth-order valence-corrected chi connectivity index (χ4v) is 3.98. The van der Waals surface area contributed by atoms with Gasteiger partial charge < -0.3 is 4.74 Å². The SMILES string of the molecule is COc1ccc(-c2nn(Cc3ccccc3)cc2/C=N\NC(=O)C2CCCCC2)cc1. The second-order valence-corrected chi connectivity index (χ2v) is 7.91. The predicted molar refractivity (Wildman–Crippen MR) is 122 cm³/mol. The van der Waals surface area contributed by atoms with Gasteiger partial charge in [0.05, 0.1) is 19.9 Å². The van der Waals surface area contributed by atoms with E-state index in [1.54, 1.807) is 13.3 Å². The monoisotopic (exact) mass is 416 g/mol. The van der Waals surface area contributed by atoms with Crippen LogP contribution in [0, 0.1) is 5.92 Å². The minimum Gasteiger partial charge on any atom is -0.497 e. The molecule has 3 aromatic rings. The summed E-state index contributed by atoms with van der Waals surface area (Å²) in [6.45, 7) is 0.659. The summed E-state index contributed by atoms with van der Waals surface area (Å²) in [4.78, 5) is 12.4. The predicted octanol–water partition coefficient (Wildman–Crippen LogP) is 4.64. The van der Waals surface area contributed by atoms with Crippen molar-refractivity contribution in [2.75, 3.05) is 7.11 Å². The number of ether oxygens (including phenoxy) is 1. The standard InChI is InChI=1S/C25H28N4O2/c1-31-23-14-12-20(13-15-23)24-22(16-26-27-25(30)21-10-6-3-7-11-21)18-29(28-24)17-19-8-4-2-5-9-19/h2,4-5,8-9,12-16,18,21H,3,6-7,10-11,17H2,1H3,(H,27,30)/b26-16-. The molecule has 1 amide bonds. The van der Waals surface area contributed by atoms with E-state index >= 15 is 0 Å². The molecule has 2 aromatic carbocycles. The van der Waals surface area contributed by atoms with E-state index in [-0.39, 0.29) is 11.8 Å². The molecule has 1 heterocycles. The lowest BCUT2D eigenvalue weighted by Crippen LogP contribution is -2.28. The Bertz CT molecular complexity index is 1020. The van der Waals surface area contributed by atoms with Crippen LogP contribution in [0.1, 0.15) is 43.2 Å². The summed E-state index contributed by atoms with van der Waals surface area (Å²) < 4.78 is 7.17. The fourth-order valence-electron chi connectivity index (χ4n) is 3.98. The number of methoxy groups -OCH3 is 1. The van der Waals surface area contributed by atoms with Crippen LogP contribution in [0.2, 0.25) is 0 Å². The third-order valence-electron chi connectivity index (χ3n) is 5.70. The molecule has 160 valence electrons. The smallest absolute Gasteiger partial charge is 0.243 e. The number of carbonyl (C=O) groups is 1. The average Bonchev–Trinajstić information content (AvgIpc) is 3.22. The van der Waals surface area contributed by atoms with Crippen LogP contribution >= 0.6 is 0 Å². The van der Waals surface area contributed by atoms with E-state index in [4.69, 9.17) is 9.84 Å². The van der Waals surface area contributed by atoms with E-state index in [1.165, 1.54) is 12.0 Å². The zero-order chi connectivity index (χ0) is 21.5. The highest BCUT2D eigenvalue weighted by atomic mass is 16.5. The molecular weight excluding hydrogens is 388 g/mol. The van der Waals surface area contributed by atoms with Gasteiger partial charge in [-0.1, -0.05) is 49.6 Å². The number of nitrogens with one attached hydrogen (secondary N) is 1. The molecule has 6 heteroatoms. The summed E-state index contributed by atoms with van der Waals surface area (Å²) in [5.41, 5.74) is 6.53. The topological polar surface area (TPSA) is 68.5 Å². The molecule has 1 fully saturated rings. The van der Waals surface area contributed by atoms with Crippen molar-refractivity contribution in [2.45, 2.75) is 38.6 Å². The van der Waals surface area contributed by atoms with Gasteiger partial charge in [0.1, 0.15) is 11.4 Å². The van der Waals surface area contributed by atoms with Crippen LogP contribution in [0.25, 0.3) is 11.3 Å². The molecule has 0 aliphatic heterocycles. The number of hydrogen-bond donors (Lipinski definition) is 1. The highest BCUT2D eigenvalue weighted by molar-refractivity contribution is 5.89. The molecule has 0 atom stereocenters. The first-order valence-electron chi connectivity index (χ1n) is 10.8. The van der Waals surface area contributed by atoms with E-state index in [9.17, 15) is 4.79 Å². The normalized spacial score (nSPS) is 14.6. The molecule has 1 aromatic heterocycles. The summed E-state index contributed by atoms with van der Waals surface area (Å²) >= 11 is 0. The largest absolute Gasteiger partial charge is 0.497 e. The van der Waals surface area contributed by atoms with Gasteiger partial charge in [-0.2, -0.15) is 10.2 Å². The first kappa shape index (κ1) is 20.8. The van der Waals surface area contributed by atoms with Crippen LogP contribution in [0.5, 0.6) is 5.75 Å². The molecule has 0 radical (unpaired) electrons. The van der Waals surface area contributed by atoms with E-state index in [0.717, 1.165) is 48.3 Å². The summed E-state index contributed by atoms with van der Waals surface area (Å²) in [6, 6.07) is 18.0. The highest BCUT2D eigenvalue weighted by Gasteiger charge is 2.20. The maximum absolute atomic E-state index is 12.4. The summed E-state index contributed by atoms with van der Waals surface area (Å²) in [5.74, 6) is 0.883. The van der Waals surface area contributed by atoms with Crippen molar-refractivity contribution in [3.63, 3.8) is 0 Å². The Morgan fingerprint density at radius 2 is 1.87 bits per heavy atom. The number of carbonyl (C=O) groups excluding carboxylic acids is 1. The van der Waals surface area contributed by atoms with Gasteiger partial charge in [-0.3, -0.25) is 9.48 Å². The molecular formula is C25H28N4O2. The second kappa shape index (κ2) is 10.1. The third-order valence-corrected chi connectivity index (χ3v) is 5.70. The van der Waals surface area contributed by atoms with Crippen molar-refractivity contribution in [3.8, 4) is 17.0 Å². The van der Waals surface area contributed by atoms with Crippen LogP contribution < -0.4 is 10.2 Å². The van der Waals surface area contributed by atoms with Gasteiger partial charge in [-0.05, 0) is 42.7 Å². The molecule has 0 spiro atoms. The van der Waals surface area contributed by atoms with Gasteiger partial charge in [-0.15, -0.1) is 0 Å². The quantitative estimate of drug-likeness (QED) is 0.451. The van der Waals surface area contributed by atoms with Gasteiger partial charge in [0.25, 0.3) is 0 Å². The first-order chi connectivity index (χ1) is 15.2. The highest BCUT2D eigenvalue weighted by Crippen LogP contribution is 2.25. The molecule has 6 nitrogen and oxygen atoms in total. The average molecular weight is 417 g/mol. The zero-order valence-corrected chi connectivity index (χ0v) is 17.8. The van der Waals surface area contributed by atoms with E-state index in [2.05, 4.69) is 22.7 Å². The molecule has 4 rings (SSSR count). The fraction of sp³-hybridized carbons (Fsp3) is 0.320. The van der Waals surface area contributed by atoms with Gasteiger partial charge in [-0.25, -0.2) is 5.43 Å². The molecule has 1 aliphatic carbocycles. The van der Waals surface area contributed by atoms with Crippen LogP contribution in [-0.2, 0) is 11.3 Å². The number of aromatic nitrogens is 2. The Labute approximate surface area is 182 Å². The van der Waals surface area contributed by atoms with Gasteiger partial charge in [0.15, 0.2) is 0 Å². The summed E-state index contributed by atoms with van der Waals surface area (Å²) in [5, 5.41) is 9.05. The number of hydrogen-bond acceptors (Lipinski definition) is 4. The number of nitrogens with zero attached hydrogens (tertiary/aromatic N) is 3. The van der Waals surface area contributed by atoms with Gasteiger partial charge >= 0.3 is 0 Å². The molecule has 1 saturated carbocycles. The van der Waals surface area contributed by atoms with E-state index in [1.807, 2.05) is 53.3 Å². The van der Waals surface area contributed by atoms with Crippen molar-refractivity contribution in [1.29, 1.82) is 0 Å². The van der Waals surface area contributed by atoms with Gasteiger partial charge in [0, 0.05) is 23.2 Å². The van der Waals surface area contributed by atoms with Crippen LogP contribution in [0.4, 0.5) is 0 Å². The van der Waals surface area contributed by atoms with Crippen molar-refractivity contribution >= 4 is 12.1 Å². The minimum absolute atomic E-state index is 0.0126. The van der Waals surface area contributed by atoms with Crippen molar-refractivity contribution in [2.24, 2.45) is 11.0 Å². The molecule has 0 unspecified atom stereocenters. The molecule has 1 N–H and O–H groups in total. The molecule has 31 heavy (non-hydrogen) atoms. The third kappa shape index (κ3) is 5.40. The van der Waals surface area contributed by atoms with E-state index < -0.39 is 0 Å². The summed E-state index contributed by atoms with van der Waals surface area (Å²) in [6.07, 6.45) is 9.02. The van der Waals surface area contributed by atoms with Crippen molar-refractivity contribution in [1.82, 2.24) is 15.2 Å². The Morgan fingerprint density at radius 1 is 1.13 bits per heavy atom. The minimum atomic E-state index is 0.0126. The Morgan fingerprint density at radius 3 is 2.58 bits per heavy atom. The number of benzene rings is 2. The van der Waals surface area contributed by atoms with Crippen molar-refractivity contribution in [3.05, 3.63) is 71.9 Å². The molecule has 1 aliphatic rings. The lowest BCUT2D eigenvalue weighted by Gasteiger charge is -2.19. The molecule has 0 saturated heterocycles. The Balaban J connectivity index is 1.55. The number of hydrazone groups is 1. The van der Waals surface area contributed by atoms with Gasteiger partial charge in [0.2, 0.25) is 5.91 Å². The number of rotatable bonds is 7. The lowest BCUT2D eigenvalue weighted by molar-refractivity contribution is -0.125. The van der Waals surface area contributed by atoms with Crippen molar-refractivity contribution < 1.29 is 9.53 Å². The zero-order valence-electron chi connectivity index (χ0n) is 17.8. The molecule has 0 bridgehead atoms. The van der Waals surface area contributed by atoms with Crippen LogP contribution in [-0.4, -0.2) is 29.0 Å². The Hall–Kier alpha value is -3.41. The number of amides is 1. The Kier molecular flexibility index (Phi) is 6.77. The second-order valence-electron chi connectivity index (χ2n) is 7.91. The first-order valence-corrected chi connectivity index (χ1v) is 10.8. The maximum atomic E-state index is 12.4. The van der Waals surface area contributed by atoms with Crippen LogP contribution in [0.3, 0.4) is 0 Å². The maximum Gasteiger partial charge on any atom is 0.243 e. The summed E-state index contributed by atoms with van der Waals surface area (Å²) in [7, 11) is 1.65.